The number of para-hydroxylation sites is 1. The lowest BCUT2D eigenvalue weighted by Gasteiger charge is -2.23. The Morgan fingerprint density at radius 1 is 1.29 bits per heavy atom. The highest BCUT2D eigenvalue weighted by Gasteiger charge is 2.28. The van der Waals surface area contributed by atoms with Crippen molar-refractivity contribution >= 4 is 28.8 Å². The average molecular weight is 348 g/mol. The second-order valence-corrected chi connectivity index (χ2v) is 6.34. The Kier molecular flexibility index (Phi) is 6.39. The van der Waals surface area contributed by atoms with E-state index in [1.54, 1.807) is 31.2 Å². The van der Waals surface area contributed by atoms with E-state index in [2.05, 4.69) is 15.5 Å². The third-order valence-electron chi connectivity index (χ3n) is 3.34. The Hall–Kier alpha value is -2.32. The number of aryl methyl sites for hydroxylation is 1. The van der Waals surface area contributed by atoms with E-state index in [-0.39, 0.29) is 6.54 Å². The first-order chi connectivity index (χ1) is 11.5. The van der Waals surface area contributed by atoms with Gasteiger partial charge in [0, 0.05) is 25.2 Å². The van der Waals surface area contributed by atoms with Crippen molar-refractivity contribution in [2.45, 2.75) is 26.4 Å². The predicted molar refractivity (Wildman–Crippen MR) is 91.8 cm³/mol. The van der Waals surface area contributed by atoms with Crippen molar-refractivity contribution in [2.24, 2.45) is 0 Å². The van der Waals surface area contributed by atoms with Crippen LogP contribution < -0.4 is 10.2 Å². The van der Waals surface area contributed by atoms with Gasteiger partial charge in [0.25, 0.3) is 11.8 Å². The van der Waals surface area contributed by atoms with Crippen LogP contribution in [0.4, 0.5) is 5.69 Å². The van der Waals surface area contributed by atoms with Crippen molar-refractivity contribution in [3.05, 3.63) is 40.3 Å². The lowest BCUT2D eigenvalue weighted by atomic mass is 10.2. The Labute approximate surface area is 144 Å². The molecule has 0 radical (unpaired) electrons. The molecule has 2 aromatic rings. The molecule has 0 aliphatic rings. The SMILES string of the molecule is CCN(C(=O)[C@@H](O)C(=O)NCCc1nnc(C)s1)c1ccccc1. The van der Waals surface area contributed by atoms with Gasteiger partial charge in [0.05, 0.1) is 0 Å². The summed E-state index contributed by atoms with van der Waals surface area (Å²) in [4.78, 5) is 25.7. The Balaban J connectivity index is 1.90. The van der Waals surface area contributed by atoms with Gasteiger partial charge in [0.1, 0.15) is 10.0 Å². The predicted octanol–water partition coefficient (Wildman–Crippen LogP) is 0.919. The van der Waals surface area contributed by atoms with Gasteiger partial charge in [-0.1, -0.05) is 18.2 Å². The number of likely N-dealkylation sites (N-methyl/N-ethyl adjacent to an activating group) is 1. The number of aromatic nitrogens is 2. The summed E-state index contributed by atoms with van der Waals surface area (Å²) < 4.78 is 0. The molecular formula is C16H20N4O3S. The van der Waals surface area contributed by atoms with Gasteiger partial charge in [0.2, 0.25) is 6.10 Å². The van der Waals surface area contributed by atoms with Crippen molar-refractivity contribution in [3.8, 4) is 0 Å². The van der Waals surface area contributed by atoms with Crippen LogP contribution in [-0.2, 0) is 16.0 Å². The number of anilines is 1. The molecule has 1 aromatic heterocycles. The summed E-state index contributed by atoms with van der Waals surface area (Å²) in [7, 11) is 0. The zero-order valence-electron chi connectivity index (χ0n) is 13.6. The van der Waals surface area contributed by atoms with E-state index in [0.717, 1.165) is 10.0 Å². The summed E-state index contributed by atoms with van der Waals surface area (Å²) >= 11 is 1.45. The molecule has 0 saturated carbocycles. The first-order valence-electron chi connectivity index (χ1n) is 7.64. The maximum absolute atomic E-state index is 12.3. The Morgan fingerprint density at radius 3 is 2.58 bits per heavy atom. The number of hydrogen-bond donors (Lipinski definition) is 2. The number of carbonyl (C=O) groups is 2. The van der Waals surface area contributed by atoms with Gasteiger partial charge in [-0.3, -0.25) is 9.59 Å². The van der Waals surface area contributed by atoms with Crippen LogP contribution in [0.15, 0.2) is 30.3 Å². The number of benzene rings is 1. The Bertz CT molecular complexity index is 690. The normalized spacial score (nSPS) is 11.8. The summed E-state index contributed by atoms with van der Waals surface area (Å²) in [5.74, 6) is -1.36. The van der Waals surface area contributed by atoms with Gasteiger partial charge in [-0.05, 0) is 26.0 Å². The van der Waals surface area contributed by atoms with Crippen LogP contribution in [0.2, 0.25) is 0 Å². The molecule has 1 atom stereocenters. The molecule has 24 heavy (non-hydrogen) atoms. The Morgan fingerprint density at radius 2 is 2.00 bits per heavy atom. The van der Waals surface area contributed by atoms with Crippen LogP contribution in [0.3, 0.4) is 0 Å². The summed E-state index contributed by atoms with van der Waals surface area (Å²) in [6.45, 7) is 4.28. The highest BCUT2D eigenvalue weighted by Crippen LogP contribution is 2.14. The van der Waals surface area contributed by atoms with Gasteiger partial charge in [-0.25, -0.2) is 0 Å². The van der Waals surface area contributed by atoms with Crippen molar-refractivity contribution in [1.82, 2.24) is 15.5 Å². The number of amides is 2. The molecule has 0 aliphatic carbocycles. The van der Waals surface area contributed by atoms with E-state index < -0.39 is 17.9 Å². The number of rotatable bonds is 7. The molecule has 2 amide bonds. The molecular weight excluding hydrogens is 328 g/mol. The molecule has 8 heteroatoms. The highest BCUT2D eigenvalue weighted by molar-refractivity contribution is 7.11. The van der Waals surface area contributed by atoms with Crippen molar-refractivity contribution < 1.29 is 14.7 Å². The third kappa shape index (κ3) is 4.59. The standard InChI is InChI=1S/C16H20N4O3S/c1-3-20(12-7-5-4-6-8-12)16(23)14(21)15(22)17-10-9-13-19-18-11(2)24-13/h4-8,14,21H,3,9-10H2,1-2H3,(H,17,22)/t14-/m0/s1. The van der Waals surface area contributed by atoms with E-state index in [1.807, 2.05) is 13.0 Å². The van der Waals surface area contributed by atoms with Crippen LogP contribution in [0.5, 0.6) is 0 Å². The fourth-order valence-corrected chi connectivity index (χ4v) is 2.87. The van der Waals surface area contributed by atoms with Crippen molar-refractivity contribution in [3.63, 3.8) is 0 Å². The number of nitrogens with one attached hydrogen (secondary N) is 1. The maximum Gasteiger partial charge on any atom is 0.265 e. The molecule has 0 fully saturated rings. The van der Waals surface area contributed by atoms with E-state index in [0.29, 0.717) is 18.7 Å². The van der Waals surface area contributed by atoms with Crippen LogP contribution in [-0.4, -0.2) is 46.3 Å². The number of hydrogen-bond acceptors (Lipinski definition) is 6. The molecule has 2 rings (SSSR count). The monoisotopic (exact) mass is 348 g/mol. The number of aliphatic hydroxyl groups excluding tert-OH is 1. The fraction of sp³-hybridized carbons (Fsp3) is 0.375. The smallest absolute Gasteiger partial charge is 0.265 e. The minimum Gasteiger partial charge on any atom is -0.375 e. The second-order valence-electron chi connectivity index (χ2n) is 5.08. The molecule has 0 aliphatic heterocycles. The topological polar surface area (TPSA) is 95.4 Å². The van der Waals surface area contributed by atoms with Gasteiger partial charge < -0.3 is 15.3 Å². The second kappa shape index (κ2) is 8.51. The van der Waals surface area contributed by atoms with E-state index in [1.165, 1.54) is 16.2 Å². The lowest BCUT2D eigenvalue weighted by molar-refractivity contribution is -0.139. The molecule has 1 aromatic carbocycles. The summed E-state index contributed by atoms with van der Waals surface area (Å²) in [6.07, 6.45) is -1.23. The molecule has 1 heterocycles. The largest absolute Gasteiger partial charge is 0.375 e. The average Bonchev–Trinajstić information content (AvgIpc) is 3.01. The van der Waals surface area contributed by atoms with Gasteiger partial charge in [-0.2, -0.15) is 0 Å². The van der Waals surface area contributed by atoms with Crippen molar-refractivity contribution in [1.29, 1.82) is 0 Å². The number of aliphatic hydroxyl groups is 1. The van der Waals surface area contributed by atoms with E-state index >= 15 is 0 Å². The molecule has 2 N–H and O–H groups in total. The zero-order chi connectivity index (χ0) is 17.5. The molecule has 128 valence electrons. The summed E-state index contributed by atoms with van der Waals surface area (Å²) in [5.41, 5.74) is 0.640. The fourth-order valence-electron chi connectivity index (χ4n) is 2.16. The van der Waals surface area contributed by atoms with Crippen molar-refractivity contribution in [2.75, 3.05) is 18.0 Å². The van der Waals surface area contributed by atoms with Crippen LogP contribution >= 0.6 is 11.3 Å². The number of carbonyl (C=O) groups excluding carboxylic acids is 2. The third-order valence-corrected chi connectivity index (χ3v) is 4.24. The molecule has 0 bridgehead atoms. The molecule has 7 nitrogen and oxygen atoms in total. The first-order valence-corrected chi connectivity index (χ1v) is 8.45. The van der Waals surface area contributed by atoms with Crippen LogP contribution in [0.25, 0.3) is 0 Å². The minimum atomic E-state index is -1.73. The van der Waals surface area contributed by atoms with Crippen LogP contribution in [0, 0.1) is 6.92 Å². The summed E-state index contributed by atoms with van der Waals surface area (Å²) in [5, 5.41) is 22.1. The quantitative estimate of drug-likeness (QED) is 0.726. The lowest BCUT2D eigenvalue weighted by Crippen LogP contribution is -2.48. The zero-order valence-corrected chi connectivity index (χ0v) is 14.4. The summed E-state index contributed by atoms with van der Waals surface area (Å²) in [6, 6.07) is 8.93. The van der Waals surface area contributed by atoms with E-state index in [9.17, 15) is 14.7 Å². The molecule has 0 saturated heterocycles. The molecule has 0 unspecified atom stereocenters. The van der Waals surface area contributed by atoms with Gasteiger partial charge >= 0.3 is 0 Å². The first kappa shape index (κ1) is 18.0. The van der Waals surface area contributed by atoms with Gasteiger partial charge in [-0.15, -0.1) is 21.5 Å². The maximum atomic E-state index is 12.3. The minimum absolute atomic E-state index is 0.287. The van der Waals surface area contributed by atoms with Crippen LogP contribution in [0.1, 0.15) is 16.9 Å². The van der Waals surface area contributed by atoms with Gasteiger partial charge in [0.15, 0.2) is 0 Å². The molecule has 0 spiro atoms. The highest BCUT2D eigenvalue weighted by atomic mass is 32.1. The van der Waals surface area contributed by atoms with E-state index in [4.69, 9.17) is 0 Å². The number of nitrogens with zero attached hydrogens (tertiary/aromatic N) is 3.